The van der Waals surface area contributed by atoms with Gasteiger partial charge in [0.15, 0.2) is 0 Å². The van der Waals surface area contributed by atoms with Gasteiger partial charge in [0.1, 0.15) is 12.0 Å². The first-order valence-electron chi connectivity index (χ1n) is 5.51. The van der Waals surface area contributed by atoms with E-state index in [1.165, 1.54) is 6.26 Å². The number of anilines is 2. The maximum Gasteiger partial charge on any atom is 0.374 e. The Morgan fingerprint density at radius 3 is 2.94 bits per heavy atom. The van der Waals surface area contributed by atoms with Crippen molar-refractivity contribution < 1.29 is 14.3 Å². The van der Waals surface area contributed by atoms with E-state index in [9.17, 15) is 4.79 Å². The number of carboxylic acid groups (broad SMARTS) is 1. The predicted molar refractivity (Wildman–Crippen MR) is 64.8 cm³/mol. The Kier molecular flexibility index (Phi) is 2.40. The summed E-state index contributed by atoms with van der Waals surface area (Å²) in [5.41, 5.74) is 2.22. The lowest BCUT2D eigenvalue weighted by Gasteiger charge is -2.26. The molecule has 3 rings (SSSR count). The van der Waals surface area contributed by atoms with Gasteiger partial charge in [-0.25, -0.2) is 4.79 Å². The van der Waals surface area contributed by atoms with Crippen LogP contribution in [0.2, 0.25) is 0 Å². The molecule has 2 aromatic heterocycles. The molecule has 1 aliphatic heterocycles. The minimum absolute atomic E-state index is 0.00352. The van der Waals surface area contributed by atoms with Gasteiger partial charge in [0.05, 0.1) is 11.7 Å². The third kappa shape index (κ3) is 1.67. The molecular formula is C12H11N3O3. The van der Waals surface area contributed by atoms with E-state index in [1.54, 1.807) is 12.4 Å². The lowest BCUT2D eigenvalue weighted by molar-refractivity contribution is 0.0664. The van der Waals surface area contributed by atoms with Crippen molar-refractivity contribution in [2.75, 3.05) is 17.2 Å². The average Bonchev–Trinajstić information content (AvgIpc) is 2.82. The van der Waals surface area contributed by atoms with Crippen LogP contribution in [0.5, 0.6) is 0 Å². The lowest BCUT2D eigenvalue weighted by Crippen LogP contribution is -2.26. The van der Waals surface area contributed by atoms with E-state index in [0.717, 1.165) is 5.56 Å². The number of furan rings is 1. The first kappa shape index (κ1) is 10.6. The van der Waals surface area contributed by atoms with E-state index in [2.05, 4.69) is 15.6 Å². The fourth-order valence-electron chi connectivity index (χ4n) is 2.02. The predicted octanol–water partition coefficient (Wildman–Crippen LogP) is 1.95. The highest BCUT2D eigenvalue weighted by Gasteiger charge is 2.26. The first-order chi connectivity index (χ1) is 8.75. The molecule has 0 fully saturated rings. The summed E-state index contributed by atoms with van der Waals surface area (Å²) in [4.78, 5) is 15.0. The quantitative estimate of drug-likeness (QED) is 0.749. The molecule has 0 saturated heterocycles. The maximum absolute atomic E-state index is 11.0. The highest BCUT2D eigenvalue weighted by molar-refractivity contribution is 5.95. The van der Waals surface area contributed by atoms with Crippen LogP contribution in [0.4, 0.5) is 11.4 Å². The zero-order valence-electron chi connectivity index (χ0n) is 9.38. The van der Waals surface area contributed by atoms with Gasteiger partial charge in [0, 0.05) is 18.9 Å². The smallest absolute Gasteiger partial charge is 0.374 e. The van der Waals surface area contributed by atoms with Gasteiger partial charge in [-0.05, 0) is 17.7 Å². The number of nitrogens with zero attached hydrogens (tertiary/aromatic N) is 1. The Hall–Kier alpha value is -2.50. The fourth-order valence-corrected chi connectivity index (χ4v) is 2.02. The number of carboxylic acids is 1. The van der Waals surface area contributed by atoms with Crippen LogP contribution in [0, 0.1) is 0 Å². The summed E-state index contributed by atoms with van der Waals surface area (Å²) in [5.74, 6) is -1.16. The molecule has 0 bridgehead atoms. The number of aromatic nitrogens is 1. The summed E-state index contributed by atoms with van der Waals surface area (Å²) in [6.07, 6.45) is 4.83. The number of carbonyl (C=O) groups is 1. The third-order valence-electron chi connectivity index (χ3n) is 2.91. The van der Waals surface area contributed by atoms with Crippen molar-refractivity contribution in [2.24, 2.45) is 0 Å². The van der Waals surface area contributed by atoms with Gasteiger partial charge in [0.2, 0.25) is 5.76 Å². The van der Waals surface area contributed by atoms with Gasteiger partial charge in [-0.1, -0.05) is 0 Å². The van der Waals surface area contributed by atoms with Gasteiger partial charge in [-0.3, -0.25) is 4.98 Å². The van der Waals surface area contributed by atoms with Crippen molar-refractivity contribution in [3.8, 4) is 0 Å². The largest absolute Gasteiger partial charge is 0.475 e. The fraction of sp³-hybridized carbons (Fsp3) is 0.167. The number of nitrogens with one attached hydrogen (secondary N) is 2. The molecule has 3 heterocycles. The molecule has 6 nitrogen and oxygen atoms in total. The van der Waals surface area contributed by atoms with Crippen LogP contribution < -0.4 is 10.6 Å². The molecule has 0 saturated carbocycles. The molecule has 92 valence electrons. The SMILES string of the molecule is O=C(O)c1occ2c1NC(c1ccncc1)CN2. The van der Waals surface area contributed by atoms with Crippen molar-refractivity contribution in [2.45, 2.75) is 6.04 Å². The Balaban J connectivity index is 1.93. The van der Waals surface area contributed by atoms with Crippen LogP contribution in [0.3, 0.4) is 0 Å². The molecule has 0 aliphatic carbocycles. The number of pyridine rings is 1. The van der Waals surface area contributed by atoms with E-state index < -0.39 is 5.97 Å². The molecule has 3 N–H and O–H groups in total. The van der Waals surface area contributed by atoms with Crippen LogP contribution in [0.15, 0.2) is 35.2 Å². The monoisotopic (exact) mass is 245 g/mol. The summed E-state index contributed by atoms with van der Waals surface area (Å²) >= 11 is 0. The summed E-state index contributed by atoms with van der Waals surface area (Å²) in [6.45, 7) is 0.662. The zero-order valence-corrected chi connectivity index (χ0v) is 9.38. The second-order valence-electron chi connectivity index (χ2n) is 4.02. The van der Waals surface area contributed by atoms with Crippen molar-refractivity contribution in [1.82, 2.24) is 4.98 Å². The van der Waals surface area contributed by atoms with Gasteiger partial charge >= 0.3 is 5.97 Å². The highest BCUT2D eigenvalue weighted by atomic mass is 16.4. The van der Waals surface area contributed by atoms with E-state index >= 15 is 0 Å². The van der Waals surface area contributed by atoms with E-state index in [-0.39, 0.29) is 11.8 Å². The van der Waals surface area contributed by atoms with Crippen molar-refractivity contribution >= 4 is 17.3 Å². The number of hydrogen-bond acceptors (Lipinski definition) is 5. The minimum Gasteiger partial charge on any atom is -0.475 e. The van der Waals surface area contributed by atoms with Gasteiger partial charge in [0.25, 0.3) is 0 Å². The number of fused-ring (bicyclic) bond motifs is 1. The second kappa shape index (κ2) is 4.06. The van der Waals surface area contributed by atoms with Gasteiger partial charge in [-0.15, -0.1) is 0 Å². The van der Waals surface area contributed by atoms with Crippen LogP contribution >= 0.6 is 0 Å². The summed E-state index contributed by atoms with van der Waals surface area (Å²) in [7, 11) is 0. The second-order valence-corrected chi connectivity index (χ2v) is 4.02. The molecule has 0 aromatic carbocycles. The molecule has 6 heteroatoms. The van der Waals surface area contributed by atoms with Crippen molar-refractivity contribution in [1.29, 1.82) is 0 Å². The van der Waals surface area contributed by atoms with Gasteiger partial charge in [-0.2, -0.15) is 0 Å². The lowest BCUT2D eigenvalue weighted by atomic mass is 10.1. The molecule has 2 aromatic rings. The Labute approximate surface area is 103 Å². The van der Waals surface area contributed by atoms with Crippen LogP contribution in [-0.2, 0) is 0 Å². The zero-order chi connectivity index (χ0) is 12.5. The van der Waals surface area contributed by atoms with Crippen molar-refractivity contribution in [3.63, 3.8) is 0 Å². The van der Waals surface area contributed by atoms with E-state index in [0.29, 0.717) is 17.9 Å². The molecule has 1 aliphatic rings. The summed E-state index contributed by atoms with van der Waals surface area (Å²) < 4.78 is 5.03. The highest BCUT2D eigenvalue weighted by Crippen LogP contribution is 2.35. The normalized spacial score (nSPS) is 17.4. The number of aromatic carboxylic acids is 1. The number of hydrogen-bond donors (Lipinski definition) is 3. The van der Waals surface area contributed by atoms with E-state index in [1.807, 2.05) is 12.1 Å². The molecule has 0 spiro atoms. The molecular weight excluding hydrogens is 234 g/mol. The Morgan fingerprint density at radius 2 is 2.22 bits per heavy atom. The van der Waals surface area contributed by atoms with Crippen LogP contribution in [0.1, 0.15) is 22.2 Å². The number of rotatable bonds is 2. The molecule has 0 radical (unpaired) electrons. The maximum atomic E-state index is 11.0. The first-order valence-corrected chi connectivity index (χ1v) is 5.51. The Bertz CT molecular complexity index is 580. The molecule has 1 unspecified atom stereocenters. The topological polar surface area (TPSA) is 87.4 Å². The van der Waals surface area contributed by atoms with Crippen molar-refractivity contribution in [3.05, 3.63) is 42.1 Å². The Morgan fingerprint density at radius 1 is 1.44 bits per heavy atom. The standard InChI is InChI=1S/C12H11N3O3/c16-12(17)11-10-9(6-18-11)14-5-8(15-10)7-1-3-13-4-2-7/h1-4,6,8,14-15H,5H2,(H,16,17). The molecule has 18 heavy (non-hydrogen) atoms. The summed E-state index contributed by atoms with van der Waals surface area (Å²) in [5, 5.41) is 15.3. The third-order valence-corrected chi connectivity index (χ3v) is 2.91. The van der Waals surface area contributed by atoms with Crippen LogP contribution in [0.25, 0.3) is 0 Å². The molecule has 1 atom stereocenters. The minimum atomic E-state index is -1.08. The van der Waals surface area contributed by atoms with E-state index in [4.69, 9.17) is 9.52 Å². The van der Waals surface area contributed by atoms with Gasteiger partial charge < -0.3 is 20.2 Å². The van der Waals surface area contributed by atoms with Crippen LogP contribution in [-0.4, -0.2) is 22.6 Å². The molecule has 0 amide bonds. The average molecular weight is 245 g/mol. The summed E-state index contributed by atoms with van der Waals surface area (Å²) in [6, 6.07) is 3.78.